The molecule has 0 radical (unpaired) electrons. The van der Waals surface area contributed by atoms with E-state index in [1.165, 1.54) is 51.6 Å². The van der Waals surface area contributed by atoms with Crippen molar-refractivity contribution in [3.05, 3.63) is 0 Å². The quantitative estimate of drug-likeness (QED) is 0.580. The molecule has 0 aromatic rings. The smallest absolute Gasteiger partial charge is 0.00190 e. The van der Waals surface area contributed by atoms with Crippen molar-refractivity contribution in [1.82, 2.24) is 4.90 Å². The summed E-state index contributed by atoms with van der Waals surface area (Å²) in [7, 11) is 2.25. The Kier molecular flexibility index (Phi) is 2.69. The predicted molar refractivity (Wildman–Crippen MR) is 52.2 cm³/mol. The first-order chi connectivity index (χ1) is 5.86. The fraction of sp³-hybridized carbons (Fsp3) is 1.00. The Morgan fingerprint density at radius 3 is 1.92 bits per heavy atom. The van der Waals surface area contributed by atoms with Gasteiger partial charge in [0.2, 0.25) is 0 Å². The van der Waals surface area contributed by atoms with Crippen LogP contribution in [0.3, 0.4) is 0 Å². The van der Waals surface area contributed by atoms with E-state index in [0.717, 1.165) is 11.8 Å². The monoisotopic (exact) mass is 167 g/mol. The van der Waals surface area contributed by atoms with Gasteiger partial charge in [-0.15, -0.1) is 0 Å². The maximum Gasteiger partial charge on any atom is -0.00190 e. The highest BCUT2D eigenvalue weighted by atomic mass is 15.1. The molecular formula is C11H21N. The summed E-state index contributed by atoms with van der Waals surface area (Å²) in [6.07, 6.45) is 9.04. The van der Waals surface area contributed by atoms with Gasteiger partial charge < -0.3 is 4.90 Å². The van der Waals surface area contributed by atoms with Crippen LogP contribution in [0.25, 0.3) is 0 Å². The molecule has 0 atom stereocenters. The molecule has 1 heterocycles. The number of hydrogen-bond acceptors (Lipinski definition) is 1. The van der Waals surface area contributed by atoms with Crippen LogP contribution in [0, 0.1) is 11.8 Å². The third-order valence-corrected chi connectivity index (χ3v) is 3.83. The standard InChI is InChI=1S/C11H21N/c1-12-8-6-11(7-9-12)10-4-2-3-5-10/h10-11H,2-9H2,1H3. The molecule has 0 spiro atoms. The van der Waals surface area contributed by atoms with Crippen molar-refractivity contribution in [1.29, 1.82) is 0 Å². The van der Waals surface area contributed by atoms with Gasteiger partial charge in [0.15, 0.2) is 0 Å². The summed E-state index contributed by atoms with van der Waals surface area (Å²) in [4.78, 5) is 2.48. The molecule has 1 aliphatic heterocycles. The summed E-state index contributed by atoms with van der Waals surface area (Å²) in [6.45, 7) is 2.70. The first-order valence-electron chi connectivity index (χ1n) is 5.55. The molecule has 0 aromatic heterocycles. The summed E-state index contributed by atoms with van der Waals surface area (Å²) < 4.78 is 0. The maximum absolute atomic E-state index is 2.48. The van der Waals surface area contributed by atoms with Crippen LogP contribution >= 0.6 is 0 Å². The van der Waals surface area contributed by atoms with Gasteiger partial charge in [-0.05, 0) is 44.8 Å². The maximum atomic E-state index is 2.48. The lowest BCUT2D eigenvalue weighted by atomic mass is 9.83. The molecule has 1 nitrogen and oxygen atoms in total. The largest absolute Gasteiger partial charge is 0.306 e. The summed E-state index contributed by atoms with van der Waals surface area (Å²) >= 11 is 0. The van der Waals surface area contributed by atoms with E-state index in [4.69, 9.17) is 0 Å². The fourth-order valence-corrected chi connectivity index (χ4v) is 2.93. The van der Waals surface area contributed by atoms with Gasteiger partial charge >= 0.3 is 0 Å². The van der Waals surface area contributed by atoms with Crippen molar-refractivity contribution in [2.45, 2.75) is 38.5 Å². The summed E-state index contributed by atoms with van der Waals surface area (Å²) in [5, 5.41) is 0. The van der Waals surface area contributed by atoms with Gasteiger partial charge in [0.1, 0.15) is 0 Å². The minimum absolute atomic E-state index is 1.09. The van der Waals surface area contributed by atoms with Crippen LogP contribution in [-0.4, -0.2) is 25.0 Å². The van der Waals surface area contributed by atoms with E-state index in [-0.39, 0.29) is 0 Å². The van der Waals surface area contributed by atoms with Crippen molar-refractivity contribution in [2.24, 2.45) is 11.8 Å². The zero-order valence-electron chi connectivity index (χ0n) is 8.26. The van der Waals surface area contributed by atoms with Crippen LogP contribution in [-0.2, 0) is 0 Å². The third-order valence-electron chi connectivity index (χ3n) is 3.83. The topological polar surface area (TPSA) is 3.24 Å². The number of nitrogens with zero attached hydrogens (tertiary/aromatic N) is 1. The highest BCUT2D eigenvalue weighted by molar-refractivity contribution is 4.79. The SMILES string of the molecule is CN1CCC(C2CCCC2)CC1. The minimum Gasteiger partial charge on any atom is -0.306 e. The van der Waals surface area contributed by atoms with Crippen LogP contribution in [0.1, 0.15) is 38.5 Å². The van der Waals surface area contributed by atoms with E-state index in [0.29, 0.717) is 0 Å². The average molecular weight is 167 g/mol. The average Bonchev–Trinajstić information content (AvgIpc) is 2.58. The van der Waals surface area contributed by atoms with Crippen molar-refractivity contribution >= 4 is 0 Å². The van der Waals surface area contributed by atoms with Gasteiger partial charge in [0.05, 0.1) is 0 Å². The Bertz CT molecular complexity index is 130. The van der Waals surface area contributed by atoms with Crippen molar-refractivity contribution in [3.63, 3.8) is 0 Å². The van der Waals surface area contributed by atoms with Gasteiger partial charge in [0.25, 0.3) is 0 Å². The van der Waals surface area contributed by atoms with Crippen molar-refractivity contribution in [3.8, 4) is 0 Å². The molecule has 0 aromatic carbocycles. The summed E-state index contributed by atoms with van der Waals surface area (Å²) in [5.74, 6) is 2.20. The molecule has 0 amide bonds. The molecule has 2 rings (SSSR count). The molecule has 1 heteroatoms. The van der Waals surface area contributed by atoms with Gasteiger partial charge in [-0.2, -0.15) is 0 Å². The second-order valence-electron chi connectivity index (χ2n) is 4.69. The summed E-state index contributed by atoms with van der Waals surface area (Å²) in [5.41, 5.74) is 0. The predicted octanol–water partition coefficient (Wildman–Crippen LogP) is 2.52. The van der Waals surface area contributed by atoms with Crippen LogP contribution in [0.2, 0.25) is 0 Å². The van der Waals surface area contributed by atoms with E-state index in [9.17, 15) is 0 Å². The van der Waals surface area contributed by atoms with E-state index in [2.05, 4.69) is 11.9 Å². The van der Waals surface area contributed by atoms with Gasteiger partial charge in [-0.1, -0.05) is 25.7 Å². The van der Waals surface area contributed by atoms with Gasteiger partial charge in [0, 0.05) is 0 Å². The normalized spacial score (nSPS) is 29.8. The van der Waals surface area contributed by atoms with Crippen LogP contribution in [0.15, 0.2) is 0 Å². The number of hydrogen-bond donors (Lipinski definition) is 0. The van der Waals surface area contributed by atoms with Gasteiger partial charge in [-0.25, -0.2) is 0 Å². The van der Waals surface area contributed by atoms with Crippen LogP contribution in [0.5, 0.6) is 0 Å². The molecule has 0 N–H and O–H groups in total. The first-order valence-corrected chi connectivity index (χ1v) is 5.55. The molecule has 1 aliphatic carbocycles. The lowest BCUT2D eigenvalue weighted by Crippen LogP contribution is -2.32. The molecule has 0 unspecified atom stereocenters. The molecule has 70 valence electrons. The number of rotatable bonds is 1. The Labute approximate surface area is 76.1 Å². The third kappa shape index (κ3) is 1.82. The zero-order valence-corrected chi connectivity index (χ0v) is 8.26. The second-order valence-corrected chi connectivity index (χ2v) is 4.69. The summed E-state index contributed by atoms with van der Waals surface area (Å²) in [6, 6.07) is 0. The Balaban J connectivity index is 1.80. The highest BCUT2D eigenvalue weighted by Crippen LogP contribution is 2.36. The Morgan fingerprint density at radius 2 is 1.33 bits per heavy atom. The van der Waals surface area contributed by atoms with Crippen LogP contribution in [0.4, 0.5) is 0 Å². The second kappa shape index (κ2) is 3.78. The first kappa shape index (κ1) is 8.55. The number of likely N-dealkylation sites (tertiary alicyclic amines) is 1. The van der Waals surface area contributed by atoms with Crippen molar-refractivity contribution in [2.75, 3.05) is 20.1 Å². The van der Waals surface area contributed by atoms with E-state index in [1.54, 1.807) is 0 Å². The number of piperidine rings is 1. The van der Waals surface area contributed by atoms with E-state index < -0.39 is 0 Å². The molecule has 1 saturated heterocycles. The highest BCUT2D eigenvalue weighted by Gasteiger charge is 2.27. The minimum atomic E-state index is 1.09. The molecule has 2 aliphatic rings. The lowest BCUT2D eigenvalue weighted by molar-refractivity contribution is 0.172. The van der Waals surface area contributed by atoms with Crippen LogP contribution < -0.4 is 0 Å². The van der Waals surface area contributed by atoms with Crippen molar-refractivity contribution < 1.29 is 0 Å². The molecule has 1 saturated carbocycles. The molecule has 12 heavy (non-hydrogen) atoms. The molecule has 2 fully saturated rings. The Hall–Kier alpha value is -0.0400. The molecular weight excluding hydrogens is 146 g/mol. The fourth-order valence-electron chi connectivity index (χ4n) is 2.93. The van der Waals surface area contributed by atoms with Gasteiger partial charge in [-0.3, -0.25) is 0 Å². The Morgan fingerprint density at radius 1 is 0.833 bits per heavy atom. The molecule has 0 bridgehead atoms. The van der Waals surface area contributed by atoms with E-state index >= 15 is 0 Å². The van der Waals surface area contributed by atoms with E-state index in [1.807, 2.05) is 0 Å². The zero-order chi connectivity index (χ0) is 8.39. The lowest BCUT2D eigenvalue weighted by Gasteiger charge is -2.32.